The topological polar surface area (TPSA) is 13.1 Å². The Kier molecular flexibility index (Phi) is 3.87. The van der Waals surface area contributed by atoms with Crippen molar-refractivity contribution in [2.45, 2.75) is 4.90 Å². The highest BCUT2D eigenvalue weighted by Crippen LogP contribution is 2.40. The Balaban J connectivity index is 1.92. The number of thioether (sulfide) groups is 1. The van der Waals surface area contributed by atoms with Gasteiger partial charge in [-0.15, -0.1) is 11.8 Å². The molecule has 0 saturated carbocycles. The molecule has 0 unspecified atom stereocenters. The second kappa shape index (κ2) is 6.17. The highest BCUT2D eigenvalue weighted by atomic mass is 32.2. The third-order valence-corrected chi connectivity index (χ3v) is 4.85. The van der Waals surface area contributed by atoms with Crippen LogP contribution >= 0.6 is 11.8 Å². The second-order valence-electron chi connectivity index (χ2n) is 5.55. The Morgan fingerprint density at radius 2 is 1.58 bits per heavy atom. The van der Waals surface area contributed by atoms with Gasteiger partial charge in [0.25, 0.3) is 0 Å². The highest BCUT2D eigenvalue weighted by molar-refractivity contribution is 7.99. The van der Waals surface area contributed by atoms with Crippen molar-refractivity contribution in [2.24, 2.45) is 0 Å². The molecule has 0 saturated heterocycles. The summed E-state index contributed by atoms with van der Waals surface area (Å²) in [6, 6.07) is 23.0. The molecule has 1 nitrogen and oxygen atoms in total. The molecule has 118 valence electrons. The van der Waals surface area contributed by atoms with Crippen LogP contribution in [0.15, 0.2) is 82.1 Å². The standard InChI is InChI=1S/C21H15FOS/c1-24-21-18-13-15(14-6-3-2-4-7-14)10-11-19(18)23-20(21)16-8-5-9-17(22)12-16/h2-13H,1H3. The molecule has 0 bridgehead atoms. The summed E-state index contributed by atoms with van der Waals surface area (Å²) < 4.78 is 19.6. The summed E-state index contributed by atoms with van der Waals surface area (Å²) in [5.74, 6) is 0.465. The average molecular weight is 334 g/mol. The number of furan rings is 1. The van der Waals surface area contributed by atoms with Crippen LogP contribution in [0.3, 0.4) is 0 Å². The van der Waals surface area contributed by atoms with Crippen molar-refractivity contribution >= 4 is 22.7 Å². The van der Waals surface area contributed by atoms with Crippen molar-refractivity contribution < 1.29 is 8.81 Å². The maximum atomic E-state index is 13.6. The molecule has 0 aliphatic carbocycles. The van der Waals surface area contributed by atoms with E-state index in [9.17, 15) is 4.39 Å². The first kappa shape index (κ1) is 15.0. The number of rotatable bonds is 3. The van der Waals surface area contributed by atoms with E-state index >= 15 is 0 Å². The van der Waals surface area contributed by atoms with Crippen LogP contribution in [0.4, 0.5) is 4.39 Å². The van der Waals surface area contributed by atoms with E-state index in [2.05, 4.69) is 24.3 Å². The maximum Gasteiger partial charge on any atom is 0.149 e. The molecule has 0 amide bonds. The average Bonchev–Trinajstić information content (AvgIpc) is 3.00. The minimum Gasteiger partial charge on any atom is -0.455 e. The molecule has 0 fully saturated rings. The molecule has 24 heavy (non-hydrogen) atoms. The predicted octanol–water partition coefficient (Wildman–Crippen LogP) is 6.63. The molecule has 1 heterocycles. The van der Waals surface area contributed by atoms with Gasteiger partial charge in [0.15, 0.2) is 0 Å². The van der Waals surface area contributed by atoms with Crippen LogP contribution in [-0.4, -0.2) is 6.26 Å². The van der Waals surface area contributed by atoms with Gasteiger partial charge in [-0.3, -0.25) is 0 Å². The molecule has 0 aliphatic rings. The Labute approximate surface area is 144 Å². The minimum atomic E-state index is -0.259. The molecule has 0 spiro atoms. The summed E-state index contributed by atoms with van der Waals surface area (Å²) in [6.07, 6.45) is 2.02. The molecule has 3 aromatic carbocycles. The summed E-state index contributed by atoms with van der Waals surface area (Å²) in [7, 11) is 0. The Hall–Kier alpha value is -2.52. The van der Waals surface area contributed by atoms with Crippen molar-refractivity contribution in [1.82, 2.24) is 0 Å². The van der Waals surface area contributed by atoms with Crippen LogP contribution in [0.2, 0.25) is 0 Å². The van der Waals surface area contributed by atoms with Gasteiger partial charge in [-0.1, -0.05) is 48.5 Å². The molecule has 0 N–H and O–H groups in total. The number of halogens is 1. The van der Waals surface area contributed by atoms with Crippen LogP contribution in [0.25, 0.3) is 33.4 Å². The minimum absolute atomic E-state index is 0.259. The van der Waals surface area contributed by atoms with Gasteiger partial charge in [-0.2, -0.15) is 0 Å². The fourth-order valence-electron chi connectivity index (χ4n) is 2.91. The first-order valence-corrected chi connectivity index (χ1v) is 8.90. The molecule has 0 aliphatic heterocycles. The zero-order chi connectivity index (χ0) is 16.5. The monoisotopic (exact) mass is 334 g/mol. The zero-order valence-corrected chi connectivity index (χ0v) is 13.9. The van der Waals surface area contributed by atoms with E-state index in [4.69, 9.17) is 4.42 Å². The predicted molar refractivity (Wildman–Crippen MR) is 98.8 cm³/mol. The van der Waals surface area contributed by atoms with Crippen LogP contribution in [-0.2, 0) is 0 Å². The van der Waals surface area contributed by atoms with Crippen molar-refractivity contribution in [3.63, 3.8) is 0 Å². The third-order valence-electron chi connectivity index (χ3n) is 4.04. The Morgan fingerprint density at radius 3 is 2.33 bits per heavy atom. The van der Waals surface area contributed by atoms with E-state index in [1.54, 1.807) is 17.8 Å². The lowest BCUT2D eigenvalue weighted by Gasteiger charge is -2.02. The summed E-state index contributed by atoms with van der Waals surface area (Å²) in [5.41, 5.74) is 3.89. The van der Waals surface area contributed by atoms with Crippen molar-refractivity contribution in [3.05, 3.63) is 78.6 Å². The molecular formula is C21H15FOS. The van der Waals surface area contributed by atoms with E-state index in [0.29, 0.717) is 0 Å². The largest absolute Gasteiger partial charge is 0.455 e. The fraction of sp³-hybridized carbons (Fsp3) is 0.0476. The molecule has 0 radical (unpaired) electrons. The lowest BCUT2D eigenvalue weighted by Crippen LogP contribution is -1.80. The normalized spacial score (nSPS) is 11.1. The SMILES string of the molecule is CSc1c(-c2cccc(F)c2)oc2ccc(-c3ccccc3)cc12. The smallest absolute Gasteiger partial charge is 0.149 e. The number of hydrogen-bond acceptors (Lipinski definition) is 2. The molecular weight excluding hydrogens is 319 g/mol. The first-order chi connectivity index (χ1) is 11.8. The van der Waals surface area contributed by atoms with Gasteiger partial charge in [0.1, 0.15) is 17.2 Å². The third kappa shape index (κ3) is 2.61. The van der Waals surface area contributed by atoms with Crippen LogP contribution in [0.1, 0.15) is 0 Å². The number of benzene rings is 3. The maximum absolute atomic E-state index is 13.6. The van der Waals surface area contributed by atoms with Crippen LogP contribution < -0.4 is 0 Å². The zero-order valence-electron chi connectivity index (χ0n) is 13.1. The van der Waals surface area contributed by atoms with Gasteiger partial charge in [0, 0.05) is 10.9 Å². The summed E-state index contributed by atoms with van der Waals surface area (Å²) in [6.45, 7) is 0. The van der Waals surface area contributed by atoms with E-state index in [-0.39, 0.29) is 5.82 Å². The van der Waals surface area contributed by atoms with Crippen molar-refractivity contribution in [2.75, 3.05) is 6.26 Å². The van der Waals surface area contributed by atoms with Gasteiger partial charge in [0.2, 0.25) is 0 Å². The van der Waals surface area contributed by atoms with Gasteiger partial charge in [0.05, 0.1) is 4.90 Å². The second-order valence-corrected chi connectivity index (χ2v) is 6.37. The van der Waals surface area contributed by atoms with Gasteiger partial charge in [-0.25, -0.2) is 4.39 Å². The highest BCUT2D eigenvalue weighted by Gasteiger charge is 2.16. The summed E-state index contributed by atoms with van der Waals surface area (Å²) in [4.78, 5) is 1.04. The molecule has 1 aromatic heterocycles. The van der Waals surface area contributed by atoms with E-state index in [1.807, 2.05) is 36.6 Å². The van der Waals surface area contributed by atoms with Crippen LogP contribution in [0, 0.1) is 5.82 Å². The molecule has 4 aromatic rings. The van der Waals surface area contributed by atoms with E-state index < -0.39 is 0 Å². The molecule has 0 atom stereocenters. The van der Waals surface area contributed by atoms with Gasteiger partial charge >= 0.3 is 0 Å². The Morgan fingerprint density at radius 1 is 0.792 bits per heavy atom. The lowest BCUT2D eigenvalue weighted by molar-refractivity contribution is 0.614. The van der Waals surface area contributed by atoms with E-state index in [0.717, 1.165) is 32.8 Å². The van der Waals surface area contributed by atoms with Crippen LogP contribution in [0.5, 0.6) is 0 Å². The van der Waals surface area contributed by atoms with Gasteiger partial charge < -0.3 is 4.42 Å². The lowest BCUT2D eigenvalue weighted by atomic mass is 10.0. The fourth-order valence-corrected chi connectivity index (χ4v) is 3.63. The first-order valence-electron chi connectivity index (χ1n) is 7.68. The Bertz CT molecular complexity index is 1000. The van der Waals surface area contributed by atoms with Crippen molar-refractivity contribution in [1.29, 1.82) is 0 Å². The van der Waals surface area contributed by atoms with Crippen molar-refractivity contribution in [3.8, 4) is 22.5 Å². The quantitative estimate of drug-likeness (QED) is 0.390. The summed E-state index contributed by atoms with van der Waals surface area (Å²) in [5, 5.41) is 1.06. The molecule has 3 heteroatoms. The van der Waals surface area contributed by atoms with Gasteiger partial charge in [-0.05, 0) is 41.6 Å². The van der Waals surface area contributed by atoms with E-state index in [1.165, 1.54) is 17.7 Å². The number of hydrogen-bond donors (Lipinski definition) is 0. The molecule has 4 rings (SSSR count). The number of fused-ring (bicyclic) bond motifs is 1. The summed E-state index contributed by atoms with van der Waals surface area (Å²) >= 11 is 1.62.